The minimum Gasteiger partial charge on any atom is -0.326 e. The molecule has 2 saturated heterocycles. The van der Waals surface area contributed by atoms with Gasteiger partial charge in [0.15, 0.2) is 0 Å². The molecule has 2 aromatic carbocycles. The van der Waals surface area contributed by atoms with Gasteiger partial charge in [-0.25, -0.2) is 4.79 Å². The topological polar surface area (TPSA) is 123 Å². The van der Waals surface area contributed by atoms with Gasteiger partial charge in [0.05, 0.1) is 29.4 Å². The highest BCUT2D eigenvalue weighted by atomic mass is 32.2. The van der Waals surface area contributed by atoms with Gasteiger partial charge in [-0.15, -0.1) is 11.8 Å². The Morgan fingerprint density at radius 2 is 1.56 bits per heavy atom. The van der Waals surface area contributed by atoms with Crippen molar-refractivity contribution in [1.82, 2.24) is 20.4 Å². The summed E-state index contributed by atoms with van der Waals surface area (Å²) in [7, 11) is 3.15. The minimum absolute atomic E-state index is 0.101. The molecule has 0 bridgehead atoms. The number of carbonyl (C=O) groups is 4. The Bertz CT molecular complexity index is 1160. The maximum absolute atomic E-state index is 13.1. The molecule has 2 heterocycles. The van der Waals surface area contributed by atoms with E-state index in [1.807, 2.05) is 31.2 Å². The lowest BCUT2D eigenvalue weighted by Crippen LogP contribution is -2.72. The zero-order valence-corrected chi connectivity index (χ0v) is 21.4. The van der Waals surface area contributed by atoms with E-state index >= 15 is 0 Å². The Hall–Kier alpha value is -3.41. The summed E-state index contributed by atoms with van der Waals surface area (Å²) in [4.78, 5) is 52.3. The molecule has 36 heavy (non-hydrogen) atoms. The van der Waals surface area contributed by atoms with Gasteiger partial charge in [0.25, 0.3) is 0 Å². The van der Waals surface area contributed by atoms with Crippen LogP contribution >= 0.6 is 11.8 Å². The van der Waals surface area contributed by atoms with Gasteiger partial charge in [-0.2, -0.15) is 0 Å². The molecule has 190 valence electrons. The van der Waals surface area contributed by atoms with Crippen molar-refractivity contribution in [1.29, 1.82) is 0 Å². The molecule has 5 amide bonds. The molecule has 2 aromatic rings. The van der Waals surface area contributed by atoms with Gasteiger partial charge in [-0.05, 0) is 36.8 Å². The van der Waals surface area contributed by atoms with E-state index in [0.717, 1.165) is 16.0 Å². The standard InChI is InChI=1S/C25H30N6O4S/c1-14-5-7-16(8-6-14)21-28-22-20(24(34)31(4)25(35)30(22)3)23(29-21)36-13-19(33)27-18-11-9-17(10-12-18)26-15(2)32/h5-12,20-23,28-29H,13H2,1-4H3,(H,26,32)(H,27,33). The molecule has 2 fully saturated rings. The van der Waals surface area contributed by atoms with Crippen molar-refractivity contribution in [2.24, 2.45) is 5.92 Å². The van der Waals surface area contributed by atoms with Gasteiger partial charge in [0.2, 0.25) is 17.7 Å². The predicted octanol–water partition coefficient (Wildman–Crippen LogP) is 2.31. The van der Waals surface area contributed by atoms with Crippen molar-refractivity contribution in [2.45, 2.75) is 31.6 Å². The van der Waals surface area contributed by atoms with Crippen LogP contribution in [0.5, 0.6) is 0 Å². The Kier molecular flexibility index (Phi) is 7.62. The van der Waals surface area contributed by atoms with Crippen molar-refractivity contribution in [2.75, 3.05) is 30.5 Å². The Balaban J connectivity index is 1.47. The predicted molar refractivity (Wildman–Crippen MR) is 139 cm³/mol. The highest BCUT2D eigenvalue weighted by Crippen LogP contribution is 2.34. The second kappa shape index (κ2) is 10.7. The van der Waals surface area contributed by atoms with Crippen LogP contribution in [0.4, 0.5) is 16.2 Å². The summed E-state index contributed by atoms with van der Waals surface area (Å²) >= 11 is 1.33. The summed E-state index contributed by atoms with van der Waals surface area (Å²) in [5.41, 5.74) is 3.34. The number of anilines is 2. The number of rotatable bonds is 6. The molecule has 0 spiro atoms. The SMILES string of the molecule is CC(=O)Nc1ccc(NC(=O)CSC2NC(c3ccc(C)cc3)NC3C2C(=O)N(C)C(=O)N3C)cc1. The number of carbonyl (C=O) groups excluding carboxylic acids is 4. The Morgan fingerprint density at radius 3 is 2.17 bits per heavy atom. The monoisotopic (exact) mass is 510 g/mol. The summed E-state index contributed by atoms with van der Waals surface area (Å²) in [5, 5.41) is 12.0. The summed E-state index contributed by atoms with van der Waals surface area (Å²) in [6.07, 6.45) is -0.823. The molecule has 0 saturated carbocycles. The minimum atomic E-state index is -0.575. The fourth-order valence-corrected chi connectivity index (χ4v) is 5.46. The molecule has 10 nitrogen and oxygen atoms in total. The van der Waals surface area contributed by atoms with Crippen molar-refractivity contribution in [3.8, 4) is 0 Å². The smallest absolute Gasteiger partial charge is 0.326 e. The molecule has 4 rings (SSSR count). The Labute approximate surface area is 214 Å². The fraction of sp³-hybridized carbons (Fsp3) is 0.360. The molecule has 2 aliphatic heterocycles. The van der Waals surface area contributed by atoms with E-state index in [2.05, 4.69) is 21.3 Å². The van der Waals surface area contributed by atoms with Gasteiger partial charge in [0.1, 0.15) is 0 Å². The first kappa shape index (κ1) is 25.7. The average Bonchev–Trinajstić information content (AvgIpc) is 2.85. The first-order chi connectivity index (χ1) is 17.1. The maximum Gasteiger partial charge on any atom is 0.327 e. The number of hydrogen-bond donors (Lipinski definition) is 4. The van der Waals surface area contributed by atoms with Crippen molar-refractivity contribution < 1.29 is 19.2 Å². The fourth-order valence-electron chi connectivity index (χ4n) is 4.35. The lowest BCUT2D eigenvalue weighted by atomic mass is 9.96. The number of thioether (sulfide) groups is 1. The number of benzene rings is 2. The molecule has 0 aliphatic carbocycles. The van der Waals surface area contributed by atoms with Gasteiger partial charge in [-0.3, -0.25) is 29.9 Å². The van der Waals surface area contributed by atoms with E-state index in [0.29, 0.717) is 11.4 Å². The molecular weight excluding hydrogens is 480 g/mol. The largest absolute Gasteiger partial charge is 0.327 e. The normalized spacial score (nSPS) is 23.8. The number of fused-ring (bicyclic) bond motifs is 1. The molecule has 11 heteroatoms. The molecule has 4 unspecified atom stereocenters. The van der Waals surface area contributed by atoms with Crippen molar-refractivity contribution >= 4 is 46.9 Å². The van der Waals surface area contributed by atoms with E-state index in [-0.39, 0.29) is 35.7 Å². The molecule has 0 radical (unpaired) electrons. The first-order valence-electron chi connectivity index (χ1n) is 11.6. The number of imide groups is 1. The zero-order valence-electron chi connectivity index (χ0n) is 20.6. The summed E-state index contributed by atoms with van der Waals surface area (Å²) in [6, 6.07) is 14.5. The number of hydrogen-bond acceptors (Lipinski definition) is 7. The lowest BCUT2D eigenvalue weighted by molar-refractivity contribution is -0.140. The first-order valence-corrected chi connectivity index (χ1v) is 12.6. The molecule has 2 aliphatic rings. The summed E-state index contributed by atoms with van der Waals surface area (Å²) < 4.78 is 0. The molecule has 4 atom stereocenters. The highest BCUT2D eigenvalue weighted by molar-refractivity contribution is 8.00. The van der Waals surface area contributed by atoms with Gasteiger partial charge in [0, 0.05) is 32.4 Å². The van der Waals surface area contributed by atoms with Crippen LogP contribution in [0.2, 0.25) is 0 Å². The van der Waals surface area contributed by atoms with Crippen LogP contribution in [0.3, 0.4) is 0 Å². The number of amides is 5. The average molecular weight is 511 g/mol. The summed E-state index contributed by atoms with van der Waals surface area (Å²) in [6.45, 7) is 3.44. The van der Waals surface area contributed by atoms with Gasteiger partial charge in [-0.1, -0.05) is 29.8 Å². The zero-order chi connectivity index (χ0) is 26.0. The van der Waals surface area contributed by atoms with Crippen LogP contribution in [0.25, 0.3) is 0 Å². The van der Waals surface area contributed by atoms with Crippen LogP contribution < -0.4 is 21.3 Å². The van der Waals surface area contributed by atoms with Crippen LogP contribution in [0, 0.1) is 12.8 Å². The van der Waals surface area contributed by atoms with E-state index in [9.17, 15) is 19.2 Å². The number of nitrogens with one attached hydrogen (secondary N) is 4. The van der Waals surface area contributed by atoms with E-state index in [1.54, 1.807) is 36.2 Å². The third-order valence-corrected chi connectivity index (χ3v) is 7.47. The number of aryl methyl sites for hydroxylation is 1. The Morgan fingerprint density at radius 1 is 0.944 bits per heavy atom. The van der Waals surface area contributed by atoms with E-state index < -0.39 is 17.5 Å². The van der Waals surface area contributed by atoms with Crippen LogP contribution in [-0.4, -0.2) is 64.9 Å². The van der Waals surface area contributed by atoms with Gasteiger partial charge < -0.3 is 15.5 Å². The molecular formula is C25H30N6O4S. The third kappa shape index (κ3) is 5.53. The third-order valence-electron chi connectivity index (χ3n) is 6.25. The van der Waals surface area contributed by atoms with Crippen LogP contribution in [0.15, 0.2) is 48.5 Å². The van der Waals surface area contributed by atoms with E-state index in [4.69, 9.17) is 0 Å². The second-order valence-corrected chi connectivity index (χ2v) is 10.1. The number of urea groups is 1. The highest BCUT2D eigenvalue weighted by Gasteiger charge is 2.51. The maximum atomic E-state index is 13.1. The number of nitrogens with zero attached hydrogens (tertiary/aromatic N) is 2. The van der Waals surface area contributed by atoms with Crippen molar-refractivity contribution in [3.05, 3.63) is 59.7 Å². The quantitative estimate of drug-likeness (QED) is 0.470. The summed E-state index contributed by atoms with van der Waals surface area (Å²) in [5.74, 6) is -1.16. The van der Waals surface area contributed by atoms with Gasteiger partial charge >= 0.3 is 6.03 Å². The van der Waals surface area contributed by atoms with E-state index in [1.165, 1.54) is 25.7 Å². The van der Waals surface area contributed by atoms with Crippen LogP contribution in [-0.2, 0) is 14.4 Å². The second-order valence-electron chi connectivity index (χ2n) is 8.98. The van der Waals surface area contributed by atoms with Crippen LogP contribution in [0.1, 0.15) is 24.2 Å². The lowest BCUT2D eigenvalue weighted by Gasteiger charge is -2.50. The molecule has 0 aromatic heterocycles. The van der Waals surface area contributed by atoms with Crippen molar-refractivity contribution in [3.63, 3.8) is 0 Å². The molecule has 4 N–H and O–H groups in total.